The summed E-state index contributed by atoms with van der Waals surface area (Å²) in [5.74, 6) is 0.0106. The highest BCUT2D eigenvalue weighted by atomic mass is 16.5. The van der Waals surface area contributed by atoms with Crippen LogP contribution in [-0.4, -0.2) is 61.8 Å². The number of carbonyl (C=O) groups excluding carboxylic acids is 3. The van der Waals surface area contributed by atoms with E-state index in [4.69, 9.17) is 9.51 Å². The first-order valence-corrected chi connectivity index (χ1v) is 14.1. The van der Waals surface area contributed by atoms with Gasteiger partial charge in [0.2, 0.25) is 24.0 Å². The fourth-order valence-corrected chi connectivity index (χ4v) is 6.78. The number of nitrogens with one attached hydrogen (secondary N) is 1. The lowest BCUT2D eigenvalue weighted by Crippen LogP contribution is -2.52. The molecule has 1 N–H and O–H groups in total. The van der Waals surface area contributed by atoms with E-state index >= 15 is 0 Å². The average Bonchev–Trinajstić information content (AvgIpc) is 3.62. The van der Waals surface area contributed by atoms with E-state index in [0.717, 1.165) is 55.8 Å². The molecule has 10 nitrogen and oxygen atoms in total. The summed E-state index contributed by atoms with van der Waals surface area (Å²) in [5.41, 5.74) is 4.57. The van der Waals surface area contributed by atoms with Crippen molar-refractivity contribution in [3.8, 4) is 11.4 Å². The van der Waals surface area contributed by atoms with Gasteiger partial charge in [0.05, 0.1) is 17.8 Å². The van der Waals surface area contributed by atoms with Gasteiger partial charge in [-0.3, -0.25) is 29.6 Å². The maximum atomic E-state index is 13.2. The van der Waals surface area contributed by atoms with Crippen molar-refractivity contribution in [1.29, 1.82) is 0 Å². The summed E-state index contributed by atoms with van der Waals surface area (Å²) < 4.78 is 4.86. The Labute approximate surface area is 233 Å². The molecule has 2 saturated heterocycles. The number of rotatable bonds is 7. The number of aromatic nitrogens is 3. The van der Waals surface area contributed by atoms with Gasteiger partial charge in [0, 0.05) is 36.7 Å². The molecule has 10 heteroatoms. The molecule has 0 aliphatic carbocycles. The lowest BCUT2D eigenvalue weighted by atomic mass is 9.66. The average molecular weight is 543 g/mol. The second-order valence-corrected chi connectivity index (χ2v) is 11.2. The third-order valence-corrected chi connectivity index (χ3v) is 9.15. The summed E-state index contributed by atoms with van der Waals surface area (Å²) in [6, 6.07) is 11.6. The molecule has 3 aromatic rings. The van der Waals surface area contributed by atoms with E-state index in [9.17, 15) is 14.4 Å². The zero-order valence-corrected chi connectivity index (χ0v) is 22.9. The first-order chi connectivity index (χ1) is 19.4. The number of carbonyl (C=O) groups is 3. The molecule has 3 aliphatic rings. The number of amides is 3. The smallest absolute Gasteiger partial charge is 0.256 e. The maximum absolute atomic E-state index is 13.2. The van der Waals surface area contributed by atoms with Crippen molar-refractivity contribution in [2.24, 2.45) is 5.41 Å². The van der Waals surface area contributed by atoms with E-state index in [0.29, 0.717) is 24.4 Å². The largest absolute Gasteiger partial charge is 0.342 e. The summed E-state index contributed by atoms with van der Waals surface area (Å²) >= 11 is 0. The van der Waals surface area contributed by atoms with Crippen LogP contribution < -0.4 is 5.32 Å². The monoisotopic (exact) mass is 542 g/mol. The molecule has 3 aliphatic heterocycles. The van der Waals surface area contributed by atoms with E-state index in [1.54, 1.807) is 4.90 Å². The van der Waals surface area contributed by atoms with E-state index < -0.39 is 11.9 Å². The molecule has 2 atom stereocenters. The molecule has 0 saturated carbocycles. The SMILES string of the molecule is CCC1(CC)CN(Cc2ccc(-c3ncon3)cc2)CCC1c1ccc2c(n1)CN(C1CCC(=O)NC1=O)C2=O. The Bertz CT molecular complexity index is 1420. The van der Waals surface area contributed by atoms with Crippen LogP contribution in [0.3, 0.4) is 0 Å². The molecule has 0 bridgehead atoms. The molecular formula is C30H34N6O4. The Morgan fingerprint density at radius 3 is 2.55 bits per heavy atom. The van der Waals surface area contributed by atoms with Gasteiger partial charge in [-0.25, -0.2) is 0 Å². The summed E-state index contributed by atoms with van der Waals surface area (Å²) in [7, 11) is 0. The Morgan fingerprint density at radius 2 is 1.85 bits per heavy atom. The summed E-state index contributed by atoms with van der Waals surface area (Å²) in [6.45, 7) is 7.63. The zero-order valence-electron chi connectivity index (χ0n) is 22.9. The fourth-order valence-electron chi connectivity index (χ4n) is 6.78. The molecule has 2 fully saturated rings. The van der Waals surface area contributed by atoms with Crippen molar-refractivity contribution in [1.82, 2.24) is 30.2 Å². The van der Waals surface area contributed by atoms with Crippen LogP contribution in [0.25, 0.3) is 11.4 Å². The zero-order chi connectivity index (χ0) is 27.9. The number of benzene rings is 1. The van der Waals surface area contributed by atoms with Gasteiger partial charge in [0.25, 0.3) is 5.91 Å². The van der Waals surface area contributed by atoms with Crippen molar-refractivity contribution in [3.63, 3.8) is 0 Å². The first-order valence-electron chi connectivity index (χ1n) is 14.1. The van der Waals surface area contributed by atoms with Crippen molar-refractivity contribution < 1.29 is 18.9 Å². The summed E-state index contributed by atoms with van der Waals surface area (Å²) in [6.07, 6.45) is 4.98. The van der Waals surface area contributed by atoms with E-state index in [1.807, 2.05) is 24.3 Å². The number of fused-ring (bicyclic) bond motifs is 1. The van der Waals surface area contributed by atoms with Gasteiger partial charge < -0.3 is 9.42 Å². The van der Waals surface area contributed by atoms with Crippen LogP contribution >= 0.6 is 0 Å². The van der Waals surface area contributed by atoms with Crippen LogP contribution in [-0.2, 0) is 22.7 Å². The highest BCUT2D eigenvalue weighted by molar-refractivity contribution is 6.05. The Kier molecular flexibility index (Phi) is 6.95. The Hall–Kier alpha value is -3.92. The topological polar surface area (TPSA) is 122 Å². The maximum Gasteiger partial charge on any atom is 0.256 e. The molecule has 1 aromatic carbocycles. The van der Waals surface area contributed by atoms with Crippen molar-refractivity contribution in [2.75, 3.05) is 13.1 Å². The van der Waals surface area contributed by atoms with Crippen LogP contribution in [0.2, 0.25) is 0 Å². The number of piperidine rings is 2. The standard InChI is InChI=1S/C30H34N6O4/c1-3-30(4-2)17-35(15-19-5-7-20(8-6-19)27-31-18-40-34-27)14-13-22(30)23-10-9-21-24(32-23)16-36(29(21)39)25-11-12-26(37)33-28(25)38/h5-10,18,22,25H,3-4,11-17H2,1-2H3,(H,33,37,38). The number of hydrogen-bond acceptors (Lipinski definition) is 8. The molecular weight excluding hydrogens is 508 g/mol. The normalized spacial score (nSPS) is 22.9. The second-order valence-electron chi connectivity index (χ2n) is 11.2. The highest BCUT2D eigenvalue weighted by Gasteiger charge is 2.44. The van der Waals surface area contributed by atoms with Gasteiger partial charge in [0.15, 0.2) is 0 Å². The van der Waals surface area contributed by atoms with Crippen molar-refractivity contribution in [3.05, 3.63) is 65.3 Å². The third-order valence-electron chi connectivity index (χ3n) is 9.15. The van der Waals surface area contributed by atoms with Crippen LogP contribution in [0, 0.1) is 5.41 Å². The van der Waals surface area contributed by atoms with Gasteiger partial charge in [-0.2, -0.15) is 4.98 Å². The quantitative estimate of drug-likeness (QED) is 0.449. The Morgan fingerprint density at radius 1 is 1.05 bits per heavy atom. The van der Waals surface area contributed by atoms with E-state index in [2.05, 4.69) is 46.3 Å². The molecule has 40 heavy (non-hydrogen) atoms. The Balaban J connectivity index is 1.17. The first kappa shape index (κ1) is 26.3. The molecule has 208 valence electrons. The molecule has 2 aromatic heterocycles. The van der Waals surface area contributed by atoms with Crippen LogP contribution in [0.4, 0.5) is 0 Å². The van der Waals surface area contributed by atoms with Gasteiger partial charge in [0.1, 0.15) is 6.04 Å². The second kappa shape index (κ2) is 10.6. The minimum Gasteiger partial charge on any atom is -0.342 e. The van der Waals surface area contributed by atoms with E-state index in [1.165, 1.54) is 12.0 Å². The lowest BCUT2D eigenvalue weighted by molar-refractivity contribution is -0.136. The number of likely N-dealkylation sites (tertiary alicyclic amines) is 1. The van der Waals surface area contributed by atoms with Gasteiger partial charge in [-0.05, 0) is 55.3 Å². The summed E-state index contributed by atoms with van der Waals surface area (Å²) in [4.78, 5) is 50.5. The van der Waals surface area contributed by atoms with E-state index in [-0.39, 0.29) is 29.6 Å². The van der Waals surface area contributed by atoms with Crippen molar-refractivity contribution >= 4 is 17.7 Å². The molecule has 3 amide bonds. The predicted octanol–water partition coefficient (Wildman–Crippen LogP) is 3.69. The van der Waals surface area contributed by atoms with Gasteiger partial charge in [-0.15, -0.1) is 0 Å². The minimum atomic E-state index is -0.627. The van der Waals surface area contributed by atoms with Crippen molar-refractivity contribution in [2.45, 2.75) is 71.0 Å². The molecule has 0 radical (unpaired) electrons. The third kappa shape index (κ3) is 4.70. The number of pyridine rings is 1. The summed E-state index contributed by atoms with van der Waals surface area (Å²) in [5, 5.41) is 6.28. The van der Waals surface area contributed by atoms with Gasteiger partial charge in [-0.1, -0.05) is 43.3 Å². The van der Waals surface area contributed by atoms with Gasteiger partial charge >= 0.3 is 0 Å². The fraction of sp³-hybridized carbons (Fsp3) is 0.467. The molecule has 5 heterocycles. The van der Waals surface area contributed by atoms with Crippen LogP contribution in [0.5, 0.6) is 0 Å². The number of imide groups is 1. The predicted molar refractivity (Wildman–Crippen MR) is 146 cm³/mol. The van der Waals surface area contributed by atoms with Crippen LogP contribution in [0.1, 0.15) is 79.2 Å². The molecule has 0 spiro atoms. The molecule has 6 rings (SSSR count). The lowest BCUT2D eigenvalue weighted by Gasteiger charge is -2.48. The number of hydrogen-bond donors (Lipinski definition) is 1. The molecule has 2 unspecified atom stereocenters. The van der Waals surface area contributed by atoms with Crippen LogP contribution in [0.15, 0.2) is 47.3 Å². The number of nitrogens with zero attached hydrogens (tertiary/aromatic N) is 5. The highest BCUT2D eigenvalue weighted by Crippen LogP contribution is 2.47. The minimum absolute atomic E-state index is 0.0655.